The normalized spacial score (nSPS) is 30.3. The average molecular weight is 226 g/mol. The molecular weight excluding hydrogens is 208 g/mol. The van der Waals surface area contributed by atoms with Gasteiger partial charge in [-0.15, -0.1) is 0 Å². The van der Waals surface area contributed by atoms with Crippen molar-refractivity contribution < 1.29 is 14.7 Å². The number of likely N-dealkylation sites (tertiary alicyclic amines) is 1. The summed E-state index contributed by atoms with van der Waals surface area (Å²) in [6.07, 6.45) is 2.94. The van der Waals surface area contributed by atoms with Crippen LogP contribution in [0.25, 0.3) is 0 Å². The lowest BCUT2D eigenvalue weighted by Crippen LogP contribution is -2.47. The van der Waals surface area contributed by atoms with E-state index < -0.39 is 0 Å². The Kier molecular flexibility index (Phi) is 3.43. The maximum Gasteiger partial charge on any atom is 0.227 e. The van der Waals surface area contributed by atoms with Crippen LogP contribution >= 0.6 is 0 Å². The minimum absolute atomic E-state index is 0.00914. The summed E-state index contributed by atoms with van der Waals surface area (Å²) in [4.78, 5) is 24.9. The minimum Gasteiger partial charge on any atom is -0.394 e. The molecule has 0 radical (unpaired) electrons. The van der Waals surface area contributed by atoms with Crippen molar-refractivity contribution in [3.05, 3.63) is 0 Å². The van der Waals surface area contributed by atoms with Crippen molar-refractivity contribution in [1.82, 2.24) is 10.2 Å². The SMILES string of the molecule is O=C1CCC(C(=O)N2CCC[C@@H]2CO)CN1. The zero-order valence-corrected chi connectivity index (χ0v) is 9.32. The molecule has 0 aliphatic carbocycles. The standard InChI is InChI=1S/C11H18N2O3/c14-7-9-2-1-5-13(9)11(16)8-3-4-10(15)12-6-8/h8-9,14H,1-7H2,(H,12,15)/t8?,9-/m1/s1. The zero-order valence-electron chi connectivity index (χ0n) is 9.32. The molecule has 5 nitrogen and oxygen atoms in total. The van der Waals surface area contributed by atoms with Crippen molar-refractivity contribution in [3.63, 3.8) is 0 Å². The maximum atomic E-state index is 12.1. The van der Waals surface area contributed by atoms with Gasteiger partial charge in [-0.1, -0.05) is 0 Å². The molecule has 2 heterocycles. The van der Waals surface area contributed by atoms with Crippen molar-refractivity contribution >= 4 is 11.8 Å². The number of amides is 2. The summed E-state index contributed by atoms with van der Waals surface area (Å²) >= 11 is 0. The number of hydrogen-bond donors (Lipinski definition) is 2. The minimum atomic E-state index is -0.0927. The van der Waals surface area contributed by atoms with E-state index in [1.165, 1.54) is 0 Å². The molecule has 0 bridgehead atoms. The molecular formula is C11H18N2O3. The predicted molar refractivity (Wildman–Crippen MR) is 57.6 cm³/mol. The first-order valence-electron chi connectivity index (χ1n) is 5.90. The molecule has 0 aromatic rings. The van der Waals surface area contributed by atoms with E-state index in [9.17, 15) is 9.59 Å². The Bertz CT molecular complexity index is 283. The van der Waals surface area contributed by atoms with Crippen LogP contribution in [0.15, 0.2) is 0 Å². The highest BCUT2D eigenvalue weighted by molar-refractivity contribution is 5.84. The summed E-state index contributed by atoms with van der Waals surface area (Å²) in [6, 6.07) is -0.00914. The molecule has 5 heteroatoms. The Morgan fingerprint density at radius 1 is 1.50 bits per heavy atom. The summed E-state index contributed by atoms with van der Waals surface area (Å²) in [5.41, 5.74) is 0. The molecule has 0 aromatic heterocycles. The van der Waals surface area contributed by atoms with Crippen molar-refractivity contribution in [1.29, 1.82) is 0 Å². The molecule has 0 aromatic carbocycles. The number of rotatable bonds is 2. The van der Waals surface area contributed by atoms with Gasteiger partial charge in [-0.3, -0.25) is 9.59 Å². The maximum absolute atomic E-state index is 12.1. The van der Waals surface area contributed by atoms with Crippen LogP contribution in [0.3, 0.4) is 0 Å². The lowest BCUT2D eigenvalue weighted by molar-refractivity contribution is -0.138. The second-order valence-corrected chi connectivity index (χ2v) is 4.55. The quantitative estimate of drug-likeness (QED) is 0.666. The highest BCUT2D eigenvalue weighted by atomic mass is 16.3. The number of aliphatic hydroxyl groups is 1. The van der Waals surface area contributed by atoms with Gasteiger partial charge in [0, 0.05) is 19.5 Å². The first-order chi connectivity index (χ1) is 7.72. The molecule has 0 spiro atoms. The van der Waals surface area contributed by atoms with Crippen LogP contribution < -0.4 is 5.32 Å². The van der Waals surface area contributed by atoms with Gasteiger partial charge in [0.2, 0.25) is 11.8 Å². The van der Waals surface area contributed by atoms with Crippen LogP contribution in [-0.2, 0) is 9.59 Å². The Morgan fingerprint density at radius 2 is 2.31 bits per heavy atom. The fraction of sp³-hybridized carbons (Fsp3) is 0.818. The number of carbonyl (C=O) groups excluding carboxylic acids is 2. The van der Waals surface area contributed by atoms with Gasteiger partial charge in [0.05, 0.1) is 18.6 Å². The van der Waals surface area contributed by atoms with Gasteiger partial charge in [-0.25, -0.2) is 0 Å². The van der Waals surface area contributed by atoms with E-state index in [0.29, 0.717) is 19.4 Å². The van der Waals surface area contributed by atoms with Crippen LogP contribution in [0, 0.1) is 5.92 Å². The molecule has 2 fully saturated rings. The topological polar surface area (TPSA) is 69.6 Å². The van der Waals surface area contributed by atoms with E-state index in [2.05, 4.69) is 5.32 Å². The highest BCUT2D eigenvalue weighted by Gasteiger charge is 2.34. The summed E-state index contributed by atoms with van der Waals surface area (Å²) in [7, 11) is 0. The number of carbonyl (C=O) groups is 2. The first-order valence-corrected chi connectivity index (χ1v) is 5.90. The summed E-state index contributed by atoms with van der Waals surface area (Å²) in [6.45, 7) is 1.24. The predicted octanol–water partition coefficient (Wildman–Crippen LogP) is -0.504. The van der Waals surface area contributed by atoms with Gasteiger partial charge in [-0.05, 0) is 19.3 Å². The number of aliphatic hydroxyl groups excluding tert-OH is 1. The van der Waals surface area contributed by atoms with Crippen LogP contribution in [0.4, 0.5) is 0 Å². The van der Waals surface area contributed by atoms with E-state index in [1.807, 2.05) is 0 Å². The van der Waals surface area contributed by atoms with Gasteiger partial charge in [0.1, 0.15) is 0 Å². The molecule has 0 saturated carbocycles. The van der Waals surface area contributed by atoms with E-state index in [-0.39, 0.29) is 30.4 Å². The number of nitrogens with one attached hydrogen (secondary N) is 1. The Hall–Kier alpha value is -1.10. The molecule has 16 heavy (non-hydrogen) atoms. The molecule has 1 unspecified atom stereocenters. The fourth-order valence-electron chi connectivity index (χ4n) is 2.49. The van der Waals surface area contributed by atoms with E-state index in [1.54, 1.807) is 4.90 Å². The molecule has 2 rings (SSSR count). The third kappa shape index (κ3) is 2.19. The monoisotopic (exact) mass is 226 g/mol. The molecule has 2 atom stereocenters. The van der Waals surface area contributed by atoms with Gasteiger partial charge < -0.3 is 15.3 Å². The Labute approximate surface area is 94.8 Å². The van der Waals surface area contributed by atoms with Gasteiger partial charge in [-0.2, -0.15) is 0 Å². The highest BCUT2D eigenvalue weighted by Crippen LogP contribution is 2.22. The fourth-order valence-corrected chi connectivity index (χ4v) is 2.49. The molecule has 2 aliphatic heterocycles. The van der Waals surface area contributed by atoms with Crippen molar-refractivity contribution in [2.24, 2.45) is 5.92 Å². The van der Waals surface area contributed by atoms with Crippen LogP contribution in [0.1, 0.15) is 25.7 Å². The molecule has 2 amide bonds. The largest absolute Gasteiger partial charge is 0.394 e. The van der Waals surface area contributed by atoms with Crippen LogP contribution in [0.2, 0.25) is 0 Å². The van der Waals surface area contributed by atoms with Gasteiger partial charge in [0.25, 0.3) is 0 Å². The van der Waals surface area contributed by atoms with Crippen molar-refractivity contribution in [2.75, 3.05) is 19.7 Å². The second-order valence-electron chi connectivity index (χ2n) is 4.55. The molecule has 2 aliphatic rings. The van der Waals surface area contributed by atoms with Crippen LogP contribution in [-0.4, -0.2) is 47.6 Å². The van der Waals surface area contributed by atoms with Gasteiger partial charge in [0.15, 0.2) is 0 Å². The number of nitrogens with zero attached hydrogens (tertiary/aromatic N) is 1. The first kappa shape index (κ1) is 11.4. The molecule has 90 valence electrons. The Morgan fingerprint density at radius 3 is 2.94 bits per heavy atom. The van der Waals surface area contributed by atoms with Crippen molar-refractivity contribution in [2.45, 2.75) is 31.7 Å². The lowest BCUT2D eigenvalue weighted by atomic mass is 9.97. The van der Waals surface area contributed by atoms with Crippen LogP contribution in [0.5, 0.6) is 0 Å². The Balaban J connectivity index is 1.94. The summed E-state index contributed by atoms with van der Waals surface area (Å²) in [5, 5.41) is 11.9. The van der Waals surface area contributed by atoms with Crippen molar-refractivity contribution in [3.8, 4) is 0 Å². The average Bonchev–Trinajstić information content (AvgIpc) is 2.77. The van der Waals surface area contributed by atoms with E-state index in [4.69, 9.17) is 5.11 Å². The zero-order chi connectivity index (χ0) is 11.5. The molecule has 2 N–H and O–H groups in total. The lowest BCUT2D eigenvalue weighted by Gasteiger charge is -2.29. The third-order valence-electron chi connectivity index (χ3n) is 3.49. The van der Waals surface area contributed by atoms with E-state index in [0.717, 1.165) is 19.4 Å². The smallest absolute Gasteiger partial charge is 0.227 e. The number of hydrogen-bond acceptors (Lipinski definition) is 3. The third-order valence-corrected chi connectivity index (χ3v) is 3.49. The van der Waals surface area contributed by atoms with E-state index >= 15 is 0 Å². The molecule has 2 saturated heterocycles. The second kappa shape index (κ2) is 4.82. The van der Waals surface area contributed by atoms with Gasteiger partial charge >= 0.3 is 0 Å². The summed E-state index contributed by atoms with van der Waals surface area (Å²) < 4.78 is 0. The summed E-state index contributed by atoms with van der Waals surface area (Å²) in [5.74, 6) is 0.0329. The number of piperidine rings is 1.